The number of rotatable bonds is 8. The molecule has 6 rings (SSSR count). The lowest BCUT2D eigenvalue weighted by Gasteiger charge is -2.42. The maximum absolute atomic E-state index is 13.1. The summed E-state index contributed by atoms with van der Waals surface area (Å²) in [7, 11) is 5.59. The van der Waals surface area contributed by atoms with E-state index in [2.05, 4.69) is 39.2 Å². The van der Waals surface area contributed by atoms with Gasteiger partial charge in [0.05, 0.1) is 24.8 Å². The Bertz CT molecular complexity index is 1040. The molecule has 1 aromatic rings. The summed E-state index contributed by atoms with van der Waals surface area (Å²) in [6.45, 7) is 8.12. The van der Waals surface area contributed by atoms with Gasteiger partial charge in [-0.3, -0.25) is 14.5 Å². The second-order valence-corrected chi connectivity index (χ2v) is 12.5. The van der Waals surface area contributed by atoms with Crippen LogP contribution in [-0.4, -0.2) is 112 Å². The van der Waals surface area contributed by atoms with Crippen molar-refractivity contribution in [3.05, 3.63) is 18.2 Å². The summed E-state index contributed by atoms with van der Waals surface area (Å²) in [6, 6.07) is 6.83. The Morgan fingerprint density at radius 3 is 2.28 bits per heavy atom. The van der Waals surface area contributed by atoms with Crippen molar-refractivity contribution in [3.8, 4) is 5.75 Å². The number of piperazine rings is 1. The van der Waals surface area contributed by atoms with Gasteiger partial charge in [0.25, 0.3) is 0 Å². The highest BCUT2D eigenvalue weighted by Crippen LogP contribution is 2.53. The van der Waals surface area contributed by atoms with Crippen LogP contribution < -0.4 is 15.0 Å². The summed E-state index contributed by atoms with van der Waals surface area (Å²) in [6.07, 6.45) is 5.90. The Balaban J connectivity index is 0.993. The molecule has 39 heavy (non-hydrogen) atoms. The molecule has 214 valence electrons. The van der Waals surface area contributed by atoms with E-state index in [1.807, 2.05) is 11.0 Å². The average molecular weight is 540 g/mol. The molecule has 0 aromatic heterocycles. The van der Waals surface area contributed by atoms with E-state index in [1.165, 1.54) is 39.0 Å². The first-order chi connectivity index (χ1) is 18.9. The molecule has 2 amide bonds. The molecular weight excluding hydrogens is 494 g/mol. The third-order valence-electron chi connectivity index (χ3n) is 10.3. The van der Waals surface area contributed by atoms with Gasteiger partial charge in [-0.05, 0) is 63.1 Å². The summed E-state index contributed by atoms with van der Waals surface area (Å²) in [5.74, 6) is 1.43. The Labute approximate surface area is 232 Å². The van der Waals surface area contributed by atoms with Gasteiger partial charge in [0.15, 0.2) is 0 Å². The van der Waals surface area contributed by atoms with Crippen molar-refractivity contribution >= 4 is 23.2 Å². The van der Waals surface area contributed by atoms with Crippen molar-refractivity contribution in [2.45, 2.75) is 50.2 Å². The Morgan fingerprint density at radius 1 is 1.00 bits per heavy atom. The number of nitrogens with zero attached hydrogens (tertiary/aromatic N) is 4. The highest BCUT2D eigenvalue weighted by molar-refractivity contribution is 5.97. The van der Waals surface area contributed by atoms with Crippen LogP contribution in [0, 0.1) is 17.8 Å². The standard InChI is InChI=1S/C30H45N5O4/c1-32-13-15-34(16-14-32)21-7-11-33(12-8-21)22-5-6-25(26(17-22)38-2)31-29(37)28-23-19-35(20-24(23)28)27(36)18-30(39-3)9-4-10-30/h5-6,17,21,23-24,28H,4,7-16,18-20H2,1-3H3,(H,31,37)/t23-,24-/m0/s1. The molecule has 2 saturated carbocycles. The van der Waals surface area contributed by atoms with Gasteiger partial charge in [-0.25, -0.2) is 0 Å². The molecule has 3 aliphatic heterocycles. The number of benzene rings is 1. The second-order valence-electron chi connectivity index (χ2n) is 12.5. The number of fused-ring (bicyclic) bond motifs is 1. The van der Waals surface area contributed by atoms with Gasteiger partial charge in [-0.1, -0.05) is 0 Å². The third-order valence-corrected chi connectivity index (χ3v) is 10.3. The van der Waals surface area contributed by atoms with Crippen LogP contribution in [0.3, 0.4) is 0 Å². The zero-order valence-electron chi connectivity index (χ0n) is 23.9. The monoisotopic (exact) mass is 539 g/mol. The first-order valence-electron chi connectivity index (χ1n) is 14.9. The van der Waals surface area contributed by atoms with Gasteiger partial charge in [0, 0.05) is 83.2 Å². The van der Waals surface area contributed by atoms with E-state index >= 15 is 0 Å². The lowest BCUT2D eigenvalue weighted by atomic mass is 9.77. The summed E-state index contributed by atoms with van der Waals surface area (Å²) in [5, 5.41) is 3.13. The van der Waals surface area contributed by atoms with Crippen LogP contribution in [0.5, 0.6) is 5.75 Å². The van der Waals surface area contributed by atoms with Gasteiger partial charge in [-0.15, -0.1) is 0 Å². The van der Waals surface area contributed by atoms with Gasteiger partial charge in [0.2, 0.25) is 11.8 Å². The number of carbonyl (C=O) groups is 2. The summed E-state index contributed by atoms with van der Waals surface area (Å²) < 4.78 is 11.3. The fourth-order valence-corrected chi connectivity index (χ4v) is 7.40. The van der Waals surface area contributed by atoms with Crippen molar-refractivity contribution in [3.63, 3.8) is 0 Å². The van der Waals surface area contributed by atoms with Crippen molar-refractivity contribution in [1.82, 2.24) is 14.7 Å². The first kappa shape index (κ1) is 26.8. The molecule has 0 bridgehead atoms. The fourth-order valence-electron chi connectivity index (χ4n) is 7.40. The predicted octanol–water partition coefficient (Wildman–Crippen LogP) is 2.51. The number of anilines is 2. The number of carbonyl (C=O) groups excluding carboxylic acids is 2. The third kappa shape index (κ3) is 5.37. The van der Waals surface area contributed by atoms with Crippen LogP contribution in [-0.2, 0) is 14.3 Å². The molecule has 3 heterocycles. The molecule has 9 heteroatoms. The normalized spacial score (nSPS) is 29.1. The second kappa shape index (κ2) is 10.9. The maximum atomic E-state index is 13.1. The van der Waals surface area contributed by atoms with Crippen LogP contribution in [0.1, 0.15) is 38.5 Å². The molecule has 5 fully saturated rings. The summed E-state index contributed by atoms with van der Waals surface area (Å²) in [5.41, 5.74) is 1.63. The lowest BCUT2D eigenvalue weighted by molar-refractivity contribution is -0.144. The van der Waals surface area contributed by atoms with E-state index in [9.17, 15) is 9.59 Å². The largest absolute Gasteiger partial charge is 0.494 e. The SMILES string of the molecule is COc1cc(N2CCC(N3CCN(C)CC3)CC2)ccc1NC(=O)C1[C@H]2CN(C(=O)CC3(OC)CCC3)C[C@H]12. The van der Waals surface area contributed by atoms with E-state index in [1.54, 1.807) is 14.2 Å². The average Bonchev–Trinajstić information content (AvgIpc) is 3.44. The highest BCUT2D eigenvalue weighted by atomic mass is 16.5. The number of methoxy groups -OCH3 is 2. The molecule has 0 radical (unpaired) electrons. The number of likely N-dealkylation sites (N-methyl/N-ethyl adjacent to an activating group) is 1. The molecule has 2 atom stereocenters. The molecule has 1 N–H and O–H groups in total. The van der Waals surface area contributed by atoms with Crippen molar-refractivity contribution in [2.24, 2.45) is 17.8 Å². The van der Waals surface area contributed by atoms with Gasteiger partial charge < -0.3 is 29.5 Å². The maximum Gasteiger partial charge on any atom is 0.228 e. The molecule has 2 aliphatic carbocycles. The lowest BCUT2D eigenvalue weighted by Crippen LogP contribution is -2.52. The molecule has 5 aliphatic rings. The minimum Gasteiger partial charge on any atom is -0.494 e. The number of piperidine rings is 2. The van der Waals surface area contributed by atoms with Crippen molar-refractivity contribution in [1.29, 1.82) is 0 Å². The van der Waals surface area contributed by atoms with Crippen molar-refractivity contribution < 1.29 is 19.1 Å². The summed E-state index contributed by atoms with van der Waals surface area (Å²) >= 11 is 0. The van der Waals surface area contributed by atoms with Crippen LogP contribution >= 0.6 is 0 Å². The van der Waals surface area contributed by atoms with Crippen LogP contribution in [0.25, 0.3) is 0 Å². The van der Waals surface area contributed by atoms with Gasteiger partial charge in [-0.2, -0.15) is 0 Å². The minimum absolute atomic E-state index is 0.0212. The number of amides is 2. The minimum atomic E-state index is -0.246. The van der Waals surface area contributed by atoms with Crippen molar-refractivity contribution in [2.75, 3.05) is 83.8 Å². The van der Waals surface area contributed by atoms with Crippen LogP contribution in [0.15, 0.2) is 18.2 Å². The molecular formula is C30H45N5O4. The smallest absolute Gasteiger partial charge is 0.228 e. The first-order valence-corrected chi connectivity index (χ1v) is 14.9. The topological polar surface area (TPSA) is 77.6 Å². The van der Waals surface area contributed by atoms with Gasteiger partial charge in [0.1, 0.15) is 5.75 Å². The van der Waals surface area contributed by atoms with E-state index in [-0.39, 0.29) is 35.2 Å². The zero-order valence-corrected chi connectivity index (χ0v) is 23.9. The Hall–Kier alpha value is -2.36. The summed E-state index contributed by atoms with van der Waals surface area (Å²) in [4.78, 5) is 35.4. The highest BCUT2D eigenvalue weighted by Gasteiger charge is 2.60. The number of hydrogen-bond donors (Lipinski definition) is 1. The molecule has 1 aromatic carbocycles. The number of likely N-dealkylation sites (tertiary alicyclic amines) is 1. The van der Waals surface area contributed by atoms with Crippen LogP contribution in [0.4, 0.5) is 11.4 Å². The Kier molecular flexibility index (Phi) is 7.50. The fraction of sp³-hybridized carbons (Fsp3) is 0.733. The van der Waals surface area contributed by atoms with E-state index < -0.39 is 0 Å². The molecule has 9 nitrogen and oxygen atoms in total. The number of nitrogens with one attached hydrogen (secondary N) is 1. The van der Waals surface area contributed by atoms with E-state index in [4.69, 9.17) is 9.47 Å². The zero-order chi connectivity index (χ0) is 27.1. The number of ether oxygens (including phenoxy) is 2. The molecule has 3 saturated heterocycles. The predicted molar refractivity (Wildman–Crippen MR) is 151 cm³/mol. The molecule has 0 unspecified atom stereocenters. The Morgan fingerprint density at radius 2 is 1.69 bits per heavy atom. The van der Waals surface area contributed by atoms with Gasteiger partial charge >= 0.3 is 0 Å². The quantitative estimate of drug-likeness (QED) is 0.544. The van der Waals surface area contributed by atoms with Crippen LogP contribution in [0.2, 0.25) is 0 Å². The number of hydrogen-bond acceptors (Lipinski definition) is 7. The van der Waals surface area contributed by atoms with E-state index in [0.29, 0.717) is 31.3 Å². The molecule has 0 spiro atoms. The van der Waals surface area contributed by atoms with E-state index in [0.717, 1.165) is 43.7 Å².